The van der Waals surface area contributed by atoms with Crippen LogP contribution in [0, 0.1) is 5.41 Å². The summed E-state index contributed by atoms with van der Waals surface area (Å²) in [5, 5.41) is 11.7. The molecule has 0 aliphatic heterocycles. The summed E-state index contributed by atoms with van der Waals surface area (Å²) in [5.74, 6) is 0. The smallest absolute Gasteiger partial charge is 0.0967 e. The lowest BCUT2D eigenvalue weighted by atomic mass is 9.58. The molecule has 2 nitrogen and oxygen atoms in total. The van der Waals surface area contributed by atoms with Crippen molar-refractivity contribution in [2.24, 2.45) is 11.1 Å². The second kappa shape index (κ2) is 6.10. The van der Waals surface area contributed by atoms with Crippen molar-refractivity contribution in [2.45, 2.75) is 69.8 Å². The monoisotopic (exact) mass is 287 g/mol. The standard InChI is InChI=1S/C19H29NO/c20-15-18(12-6-2-1-3-7-13-18)19(21)14-8-10-16-9-4-5-11-17(16)19/h4-5,9,11,21H,1-3,6-8,10,12-15,20H2. The molecular formula is C19H29NO. The average Bonchev–Trinajstić information content (AvgIpc) is 2.48. The number of benzene rings is 1. The van der Waals surface area contributed by atoms with E-state index in [0.29, 0.717) is 6.54 Å². The van der Waals surface area contributed by atoms with Crippen LogP contribution in [-0.4, -0.2) is 11.7 Å². The minimum Gasteiger partial charge on any atom is -0.385 e. The summed E-state index contributed by atoms with van der Waals surface area (Å²) in [5.41, 5.74) is 7.94. The third kappa shape index (κ3) is 2.53. The molecule has 0 radical (unpaired) electrons. The van der Waals surface area contributed by atoms with E-state index in [1.807, 2.05) is 0 Å². The van der Waals surface area contributed by atoms with Gasteiger partial charge < -0.3 is 10.8 Å². The van der Waals surface area contributed by atoms with Crippen molar-refractivity contribution in [1.29, 1.82) is 0 Å². The molecule has 1 aromatic rings. The fourth-order valence-electron chi connectivity index (χ4n) is 4.73. The highest BCUT2D eigenvalue weighted by Crippen LogP contribution is 2.53. The Kier molecular flexibility index (Phi) is 4.37. The van der Waals surface area contributed by atoms with Gasteiger partial charge in [0.1, 0.15) is 0 Å². The molecule has 0 bridgehead atoms. The molecule has 0 aromatic heterocycles. The molecule has 0 saturated heterocycles. The predicted octanol–water partition coefficient (Wildman–Crippen LogP) is 3.90. The molecule has 1 fully saturated rings. The predicted molar refractivity (Wildman–Crippen MR) is 87.1 cm³/mol. The maximum absolute atomic E-state index is 11.7. The lowest BCUT2D eigenvalue weighted by Crippen LogP contribution is -2.52. The highest BCUT2D eigenvalue weighted by atomic mass is 16.3. The molecule has 3 N–H and O–H groups in total. The number of hydrogen-bond donors (Lipinski definition) is 2. The van der Waals surface area contributed by atoms with E-state index in [1.165, 1.54) is 43.2 Å². The van der Waals surface area contributed by atoms with Gasteiger partial charge in [0.25, 0.3) is 0 Å². The van der Waals surface area contributed by atoms with E-state index in [4.69, 9.17) is 5.73 Å². The lowest BCUT2D eigenvalue weighted by molar-refractivity contribution is -0.112. The van der Waals surface area contributed by atoms with Gasteiger partial charge in [-0.15, -0.1) is 0 Å². The van der Waals surface area contributed by atoms with E-state index in [0.717, 1.165) is 32.1 Å². The summed E-state index contributed by atoms with van der Waals surface area (Å²) in [4.78, 5) is 0. The van der Waals surface area contributed by atoms with E-state index in [2.05, 4.69) is 24.3 Å². The first-order chi connectivity index (χ1) is 10.2. The van der Waals surface area contributed by atoms with Crippen molar-refractivity contribution in [3.8, 4) is 0 Å². The highest BCUT2D eigenvalue weighted by Gasteiger charge is 2.51. The molecular weight excluding hydrogens is 258 g/mol. The van der Waals surface area contributed by atoms with Gasteiger partial charge in [-0.2, -0.15) is 0 Å². The first kappa shape index (κ1) is 15.1. The van der Waals surface area contributed by atoms with Crippen LogP contribution < -0.4 is 5.73 Å². The fourth-order valence-corrected chi connectivity index (χ4v) is 4.73. The molecule has 0 heterocycles. The van der Waals surface area contributed by atoms with Gasteiger partial charge in [-0.25, -0.2) is 0 Å². The third-order valence-electron chi connectivity index (χ3n) is 6.03. The Labute approximate surface area is 128 Å². The van der Waals surface area contributed by atoms with E-state index in [-0.39, 0.29) is 5.41 Å². The Morgan fingerprint density at radius 2 is 1.57 bits per heavy atom. The van der Waals surface area contributed by atoms with E-state index in [9.17, 15) is 5.11 Å². The second-order valence-electron chi connectivity index (χ2n) is 7.12. The topological polar surface area (TPSA) is 46.2 Å². The first-order valence-electron chi connectivity index (χ1n) is 8.73. The molecule has 1 unspecified atom stereocenters. The Hall–Kier alpha value is -0.860. The van der Waals surface area contributed by atoms with Crippen LogP contribution in [0.3, 0.4) is 0 Å². The van der Waals surface area contributed by atoms with Crippen LogP contribution in [0.25, 0.3) is 0 Å². The molecule has 116 valence electrons. The molecule has 3 rings (SSSR count). The zero-order valence-corrected chi connectivity index (χ0v) is 13.1. The van der Waals surface area contributed by atoms with E-state index < -0.39 is 5.60 Å². The molecule has 1 aromatic carbocycles. The van der Waals surface area contributed by atoms with Gasteiger partial charge in [-0.05, 0) is 43.2 Å². The van der Waals surface area contributed by atoms with E-state index >= 15 is 0 Å². The normalized spacial score (nSPS) is 29.2. The van der Waals surface area contributed by atoms with Crippen molar-refractivity contribution in [1.82, 2.24) is 0 Å². The van der Waals surface area contributed by atoms with Crippen LogP contribution in [0.5, 0.6) is 0 Å². The average molecular weight is 287 g/mol. The van der Waals surface area contributed by atoms with Crippen molar-refractivity contribution in [3.63, 3.8) is 0 Å². The van der Waals surface area contributed by atoms with Gasteiger partial charge in [0, 0.05) is 12.0 Å². The van der Waals surface area contributed by atoms with Crippen LogP contribution in [0.4, 0.5) is 0 Å². The Balaban J connectivity index is 2.02. The van der Waals surface area contributed by atoms with Crippen molar-refractivity contribution in [2.75, 3.05) is 6.54 Å². The summed E-state index contributed by atoms with van der Waals surface area (Å²) in [6, 6.07) is 8.50. The van der Waals surface area contributed by atoms with Gasteiger partial charge in [-0.3, -0.25) is 0 Å². The third-order valence-corrected chi connectivity index (χ3v) is 6.03. The number of aryl methyl sites for hydroxylation is 1. The minimum atomic E-state index is -0.714. The largest absolute Gasteiger partial charge is 0.385 e. The number of aliphatic hydroxyl groups is 1. The van der Waals surface area contributed by atoms with Crippen LogP contribution >= 0.6 is 0 Å². The molecule has 2 aliphatic carbocycles. The number of fused-ring (bicyclic) bond motifs is 1. The molecule has 2 aliphatic rings. The summed E-state index contributed by atoms with van der Waals surface area (Å²) in [6.45, 7) is 0.609. The van der Waals surface area contributed by atoms with Gasteiger partial charge in [0.05, 0.1) is 5.60 Å². The number of hydrogen-bond acceptors (Lipinski definition) is 2. The van der Waals surface area contributed by atoms with Crippen LogP contribution in [0.15, 0.2) is 24.3 Å². The van der Waals surface area contributed by atoms with Gasteiger partial charge in [-0.1, -0.05) is 56.4 Å². The zero-order valence-electron chi connectivity index (χ0n) is 13.1. The molecule has 21 heavy (non-hydrogen) atoms. The van der Waals surface area contributed by atoms with Crippen LogP contribution in [0.2, 0.25) is 0 Å². The quantitative estimate of drug-likeness (QED) is 0.866. The summed E-state index contributed by atoms with van der Waals surface area (Å²) in [7, 11) is 0. The molecule has 0 spiro atoms. The van der Waals surface area contributed by atoms with Crippen LogP contribution in [-0.2, 0) is 12.0 Å². The summed E-state index contributed by atoms with van der Waals surface area (Å²) >= 11 is 0. The van der Waals surface area contributed by atoms with Gasteiger partial charge in [0.15, 0.2) is 0 Å². The Morgan fingerprint density at radius 1 is 0.905 bits per heavy atom. The fraction of sp³-hybridized carbons (Fsp3) is 0.684. The molecule has 0 amide bonds. The van der Waals surface area contributed by atoms with E-state index in [1.54, 1.807) is 0 Å². The van der Waals surface area contributed by atoms with Gasteiger partial charge >= 0.3 is 0 Å². The molecule has 2 heteroatoms. The zero-order chi connectivity index (χ0) is 14.8. The number of rotatable bonds is 2. The van der Waals surface area contributed by atoms with Crippen LogP contribution in [0.1, 0.15) is 68.9 Å². The number of nitrogens with two attached hydrogens (primary N) is 1. The minimum absolute atomic E-state index is 0.121. The molecule has 1 atom stereocenters. The Bertz CT molecular complexity index is 476. The second-order valence-corrected chi connectivity index (χ2v) is 7.12. The lowest BCUT2D eigenvalue weighted by Gasteiger charge is -2.51. The first-order valence-corrected chi connectivity index (χ1v) is 8.73. The van der Waals surface area contributed by atoms with Crippen molar-refractivity contribution in [3.05, 3.63) is 35.4 Å². The maximum Gasteiger partial charge on any atom is 0.0967 e. The molecule has 1 saturated carbocycles. The SMILES string of the molecule is NCC1(C2(O)CCCc3ccccc32)CCCCCCC1. The summed E-state index contributed by atoms with van der Waals surface area (Å²) < 4.78 is 0. The Morgan fingerprint density at radius 3 is 2.29 bits per heavy atom. The van der Waals surface area contributed by atoms with Crippen molar-refractivity contribution >= 4 is 0 Å². The highest BCUT2D eigenvalue weighted by molar-refractivity contribution is 5.37. The van der Waals surface area contributed by atoms with Crippen molar-refractivity contribution < 1.29 is 5.11 Å². The summed E-state index contributed by atoms with van der Waals surface area (Å²) in [6.07, 6.45) is 11.6. The maximum atomic E-state index is 11.7. The van der Waals surface area contributed by atoms with Gasteiger partial charge in [0.2, 0.25) is 0 Å².